The van der Waals surface area contributed by atoms with E-state index in [-0.39, 0.29) is 6.42 Å². The Labute approximate surface area is 64.4 Å². The minimum atomic E-state index is -1.88. The predicted octanol–water partition coefficient (Wildman–Crippen LogP) is -1.67. The van der Waals surface area contributed by atoms with Gasteiger partial charge in [-0.2, -0.15) is 0 Å². The Hall–Kier alpha value is -0.480. The zero-order valence-corrected chi connectivity index (χ0v) is 6.57. The van der Waals surface area contributed by atoms with E-state index in [0.29, 0.717) is 0 Å². The summed E-state index contributed by atoms with van der Waals surface area (Å²) in [5.41, 5.74) is 0. The highest BCUT2D eigenvalue weighted by Gasteiger charge is 2.12. The SMILES string of the molecule is O=C(O)[C@H](O)CC=[P+]([O-])CO. The van der Waals surface area contributed by atoms with Crippen molar-refractivity contribution in [2.45, 2.75) is 12.5 Å². The molecule has 0 aromatic carbocycles. The first kappa shape index (κ1) is 10.5. The molecule has 0 aliphatic carbocycles. The summed E-state index contributed by atoms with van der Waals surface area (Å²) in [6.45, 7) is 0. The van der Waals surface area contributed by atoms with Crippen molar-refractivity contribution in [1.82, 2.24) is 0 Å². The zero-order valence-electron chi connectivity index (χ0n) is 5.67. The van der Waals surface area contributed by atoms with Crippen LogP contribution in [0.3, 0.4) is 0 Å². The molecule has 0 aromatic rings. The van der Waals surface area contributed by atoms with Crippen LogP contribution in [0.1, 0.15) is 6.42 Å². The van der Waals surface area contributed by atoms with Crippen molar-refractivity contribution in [3.05, 3.63) is 0 Å². The van der Waals surface area contributed by atoms with Crippen LogP contribution in [-0.2, 0) is 4.79 Å². The smallest absolute Gasteiger partial charge is 0.332 e. The molecule has 0 saturated heterocycles. The van der Waals surface area contributed by atoms with Crippen molar-refractivity contribution >= 4 is 19.5 Å². The summed E-state index contributed by atoms with van der Waals surface area (Å²) in [5, 5.41) is 25.0. The summed E-state index contributed by atoms with van der Waals surface area (Å²) in [6, 6.07) is 0. The molecule has 0 radical (unpaired) electrons. The maximum absolute atomic E-state index is 10.5. The van der Waals surface area contributed by atoms with Crippen molar-refractivity contribution in [2.24, 2.45) is 0 Å². The van der Waals surface area contributed by atoms with E-state index >= 15 is 0 Å². The molecule has 0 fully saturated rings. The number of carboxylic acids is 1. The molecule has 0 amide bonds. The molecule has 5 nitrogen and oxygen atoms in total. The third kappa shape index (κ3) is 4.86. The molecule has 0 saturated carbocycles. The van der Waals surface area contributed by atoms with Gasteiger partial charge in [-0.05, 0) is 0 Å². The molecule has 0 aliphatic rings. The molecule has 6 heteroatoms. The zero-order chi connectivity index (χ0) is 8.85. The lowest BCUT2D eigenvalue weighted by Crippen LogP contribution is -2.19. The highest BCUT2D eigenvalue weighted by molar-refractivity contribution is 7.49. The van der Waals surface area contributed by atoms with Gasteiger partial charge in [-0.1, -0.05) is 0 Å². The molecule has 0 spiro atoms. The normalized spacial score (nSPS) is 14.6. The van der Waals surface area contributed by atoms with Crippen molar-refractivity contribution < 1.29 is 25.0 Å². The number of rotatable bonds is 4. The van der Waals surface area contributed by atoms with Crippen LogP contribution in [0.4, 0.5) is 0 Å². The third-order valence-electron chi connectivity index (χ3n) is 0.957. The molecule has 0 heterocycles. The number of aliphatic hydroxyl groups excluding tert-OH is 2. The first-order chi connectivity index (χ1) is 5.07. The Morgan fingerprint density at radius 2 is 2.27 bits per heavy atom. The van der Waals surface area contributed by atoms with Gasteiger partial charge in [0.1, 0.15) is 0 Å². The lowest BCUT2D eigenvalue weighted by atomic mass is 10.3. The van der Waals surface area contributed by atoms with Gasteiger partial charge in [-0.15, -0.1) is 0 Å². The maximum Gasteiger partial charge on any atom is 0.332 e. The first-order valence-electron chi connectivity index (χ1n) is 2.86. The third-order valence-corrected chi connectivity index (χ3v) is 1.85. The Kier molecular flexibility index (Phi) is 4.98. The van der Waals surface area contributed by atoms with E-state index in [4.69, 9.17) is 15.3 Å². The molecular weight excluding hydrogens is 171 g/mol. The minimum absolute atomic E-state index is 0.203. The van der Waals surface area contributed by atoms with Crippen molar-refractivity contribution in [3.8, 4) is 0 Å². The van der Waals surface area contributed by atoms with Gasteiger partial charge >= 0.3 is 5.97 Å². The monoisotopic (exact) mass is 180 g/mol. The summed E-state index contributed by atoms with van der Waals surface area (Å²) in [4.78, 5) is 20.5. The molecule has 0 rings (SSSR count). The predicted molar refractivity (Wildman–Crippen MR) is 38.3 cm³/mol. The summed E-state index contributed by atoms with van der Waals surface area (Å²) < 4.78 is 0. The number of carboxylic acid groups (broad SMARTS) is 1. The molecule has 0 aliphatic heterocycles. The largest absolute Gasteiger partial charge is 0.629 e. The number of hydrogen-bond donors (Lipinski definition) is 3. The van der Waals surface area contributed by atoms with Crippen LogP contribution in [0, 0.1) is 0 Å². The topological polar surface area (TPSA) is 101 Å². The molecule has 11 heavy (non-hydrogen) atoms. The van der Waals surface area contributed by atoms with E-state index < -0.39 is 26.2 Å². The van der Waals surface area contributed by atoms with E-state index in [2.05, 4.69) is 0 Å². The van der Waals surface area contributed by atoms with Crippen LogP contribution in [0.5, 0.6) is 0 Å². The minimum Gasteiger partial charge on any atom is -0.629 e. The number of hydrogen-bond acceptors (Lipinski definition) is 4. The van der Waals surface area contributed by atoms with Crippen molar-refractivity contribution in [2.75, 3.05) is 6.35 Å². The Morgan fingerprint density at radius 3 is 2.64 bits per heavy atom. The van der Waals surface area contributed by atoms with Crippen LogP contribution >= 0.6 is 7.77 Å². The van der Waals surface area contributed by atoms with Crippen molar-refractivity contribution in [1.29, 1.82) is 0 Å². The highest BCUT2D eigenvalue weighted by Crippen LogP contribution is 2.06. The fourth-order valence-corrected chi connectivity index (χ4v) is 0.926. The summed E-state index contributed by atoms with van der Waals surface area (Å²) in [7, 11) is -1.88. The second-order valence-electron chi connectivity index (χ2n) is 1.83. The summed E-state index contributed by atoms with van der Waals surface area (Å²) >= 11 is 0. The Balaban J connectivity index is 3.78. The Morgan fingerprint density at radius 1 is 1.73 bits per heavy atom. The molecular formula is C5H9O5P. The van der Waals surface area contributed by atoms with Gasteiger partial charge in [-0.25, -0.2) is 4.79 Å². The van der Waals surface area contributed by atoms with Gasteiger partial charge in [0, 0.05) is 6.42 Å². The fraction of sp³-hybridized carbons (Fsp3) is 0.600. The number of aliphatic hydroxyl groups is 2. The second-order valence-corrected chi connectivity index (χ2v) is 3.31. The van der Waals surface area contributed by atoms with Gasteiger partial charge in [-0.3, -0.25) is 0 Å². The van der Waals surface area contributed by atoms with Crippen LogP contribution in [-0.4, -0.2) is 39.5 Å². The van der Waals surface area contributed by atoms with Gasteiger partial charge < -0.3 is 20.2 Å². The van der Waals surface area contributed by atoms with Crippen LogP contribution in [0.25, 0.3) is 0 Å². The lowest BCUT2D eigenvalue weighted by Gasteiger charge is -1.98. The van der Waals surface area contributed by atoms with E-state index in [1.54, 1.807) is 0 Å². The van der Waals surface area contributed by atoms with Gasteiger partial charge in [0.2, 0.25) is 0 Å². The van der Waals surface area contributed by atoms with E-state index in [9.17, 15) is 9.69 Å². The fourth-order valence-electron chi connectivity index (χ4n) is 0.376. The number of aliphatic carboxylic acids is 1. The molecule has 64 valence electrons. The summed E-state index contributed by atoms with van der Waals surface area (Å²) in [6.07, 6.45) is -2.24. The molecule has 2 atom stereocenters. The number of carbonyl (C=O) groups is 1. The van der Waals surface area contributed by atoms with E-state index in [1.165, 1.54) is 0 Å². The molecule has 0 aromatic heterocycles. The van der Waals surface area contributed by atoms with Gasteiger partial charge in [0.25, 0.3) is 0 Å². The average Bonchev–Trinajstić information content (AvgIpc) is 1.99. The van der Waals surface area contributed by atoms with Crippen molar-refractivity contribution in [3.63, 3.8) is 0 Å². The molecule has 0 bridgehead atoms. The Bertz CT molecular complexity index is 166. The first-order valence-corrected chi connectivity index (χ1v) is 4.38. The van der Waals surface area contributed by atoms with Crippen LogP contribution < -0.4 is 4.89 Å². The van der Waals surface area contributed by atoms with Crippen LogP contribution in [0.15, 0.2) is 0 Å². The van der Waals surface area contributed by atoms with Gasteiger partial charge in [0.05, 0.1) is 13.6 Å². The highest BCUT2D eigenvalue weighted by atomic mass is 31.1. The van der Waals surface area contributed by atoms with E-state index in [0.717, 1.165) is 5.80 Å². The maximum atomic E-state index is 10.5. The molecule has 3 N–H and O–H groups in total. The quantitative estimate of drug-likeness (QED) is 0.449. The summed E-state index contributed by atoms with van der Waals surface area (Å²) in [5.74, 6) is -0.267. The average molecular weight is 180 g/mol. The molecule has 1 unspecified atom stereocenters. The second kappa shape index (κ2) is 5.21. The lowest BCUT2D eigenvalue weighted by molar-refractivity contribution is -0.155. The standard InChI is InChI=1S/C5H9O5P/c6-3-11(10)2-1-4(7)5(8)9/h2,4,6-7H,1,3H2,(H,8,9)/t4-/m1/s1. The van der Waals surface area contributed by atoms with Crippen LogP contribution in [0.2, 0.25) is 0 Å². The van der Waals surface area contributed by atoms with Gasteiger partial charge in [0.15, 0.2) is 12.5 Å². The van der Waals surface area contributed by atoms with E-state index in [1.807, 2.05) is 0 Å².